The first-order valence-corrected chi connectivity index (χ1v) is 10.9. The summed E-state index contributed by atoms with van der Waals surface area (Å²) in [7, 11) is -3.77. The average Bonchev–Trinajstić information content (AvgIpc) is 2.65. The second-order valence-corrected chi connectivity index (χ2v) is 9.09. The molecule has 6 nitrogen and oxygen atoms in total. The van der Waals surface area contributed by atoms with Crippen molar-refractivity contribution in [3.63, 3.8) is 0 Å². The van der Waals surface area contributed by atoms with Gasteiger partial charge in [-0.25, -0.2) is 8.42 Å². The molecule has 2 aromatic rings. The maximum atomic E-state index is 12.8. The van der Waals surface area contributed by atoms with E-state index in [9.17, 15) is 13.2 Å². The van der Waals surface area contributed by atoms with Crippen molar-refractivity contribution in [3.8, 4) is 0 Å². The van der Waals surface area contributed by atoms with E-state index in [1.54, 1.807) is 41.3 Å². The molecule has 0 saturated heterocycles. The predicted molar refractivity (Wildman–Crippen MR) is 111 cm³/mol. The van der Waals surface area contributed by atoms with Crippen LogP contribution in [0.15, 0.2) is 87.6 Å². The van der Waals surface area contributed by atoms with Crippen molar-refractivity contribution in [2.45, 2.75) is 22.9 Å². The lowest BCUT2D eigenvalue weighted by molar-refractivity contribution is -0.119. The van der Waals surface area contributed by atoms with Crippen LogP contribution in [0.1, 0.15) is 5.56 Å². The quantitative estimate of drug-likeness (QED) is 0.725. The molecule has 2 aromatic carbocycles. The summed E-state index contributed by atoms with van der Waals surface area (Å²) in [6.45, 7) is 1.78. The number of hydrogen-bond acceptors (Lipinski definition) is 5. The molecule has 1 aliphatic heterocycles. The molecule has 0 fully saturated rings. The highest BCUT2D eigenvalue weighted by molar-refractivity contribution is 8.03. The van der Waals surface area contributed by atoms with Crippen LogP contribution < -0.4 is 10.5 Å². The summed E-state index contributed by atoms with van der Waals surface area (Å²) in [5, 5.41) is 0.726. The van der Waals surface area contributed by atoms with Gasteiger partial charge in [-0.2, -0.15) is 4.72 Å². The van der Waals surface area contributed by atoms with Crippen molar-refractivity contribution in [1.29, 1.82) is 0 Å². The van der Waals surface area contributed by atoms with Gasteiger partial charge in [0.15, 0.2) is 0 Å². The number of hydrogen-bond donors (Lipinski definition) is 2. The second-order valence-electron chi connectivity index (χ2n) is 6.28. The van der Waals surface area contributed by atoms with Crippen LogP contribution in [0, 0.1) is 6.92 Å². The monoisotopic (exact) mass is 415 g/mol. The summed E-state index contributed by atoms with van der Waals surface area (Å²) in [6, 6.07) is 16.2. The molecule has 146 valence electrons. The fourth-order valence-corrected chi connectivity index (χ4v) is 4.80. The number of primary amides is 1. The normalized spacial score (nSPS) is 16.7. The first-order chi connectivity index (χ1) is 13.3. The smallest absolute Gasteiger partial charge is 0.242 e. The number of rotatable bonds is 7. The third kappa shape index (κ3) is 5.03. The first-order valence-electron chi connectivity index (χ1n) is 8.60. The van der Waals surface area contributed by atoms with Gasteiger partial charge in [0.25, 0.3) is 0 Å². The highest BCUT2D eigenvalue weighted by atomic mass is 32.2. The molecule has 1 atom stereocenters. The van der Waals surface area contributed by atoms with Gasteiger partial charge in [0.05, 0.1) is 16.5 Å². The zero-order valence-corrected chi connectivity index (χ0v) is 16.9. The van der Waals surface area contributed by atoms with Crippen molar-refractivity contribution < 1.29 is 13.2 Å². The SMILES string of the molecule is Cc1ccc(S(=O)(=O)NC2C=CC=C(Sc3ccccc3)N2CC(N)=O)cc1. The molecule has 0 saturated carbocycles. The highest BCUT2D eigenvalue weighted by Crippen LogP contribution is 2.32. The molecule has 0 radical (unpaired) electrons. The number of nitrogens with one attached hydrogen (secondary N) is 1. The standard InChI is InChI=1S/C20H21N3O3S2/c1-15-10-12-17(13-11-15)28(25,26)22-19-8-5-9-20(23(19)14-18(21)24)27-16-6-3-2-4-7-16/h2-13,19,22H,14H2,1H3,(H2,21,24). The Bertz CT molecular complexity index is 1000. The molecular formula is C20H21N3O3S2. The maximum Gasteiger partial charge on any atom is 0.242 e. The molecule has 1 aliphatic rings. The number of nitrogens with zero attached hydrogens (tertiary/aromatic N) is 1. The van der Waals surface area contributed by atoms with Crippen molar-refractivity contribution >= 4 is 27.7 Å². The molecule has 1 heterocycles. The molecule has 3 rings (SSSR count). The number of allylic oxidation sites excluding steroid dienone is 2. The van der Waals surface area contributed by atoms with Crippen molar-refractivity contribution in [3.05, 3.63) is 83.4 Å². The van der Waals surface area contributed by atoms with Crippen LogP contribution in [0.25, 0.3) is 0 Å². The summed E-state index contributed by atoms with van der Waals surface area (Å²) in [5.41, 5.74) is 6.38. The molecule has 1 unspecified atom stereocenters. The van der Waals surface area contributed by atoms with E-state index in [1.165, 1.54) is 11.8 Å². The van der Waals surface area contributed by atoms with Crippen LogP contribution in [-0.2, 0) is 14.8 Å². The zero-order chi connectivity index (χ0) is 20.1. The second kappa shape index (κ2) is 8.64. The third-order valence-corrected chi connectivity index (χ3v) is 6.58. The van der Waals surface area contributed by atoms with Crippen LogP contribution in [0.2, 0.25) is 0 Å². The van der Waals surface area contributed by atoms with E-state index in [0.717, 1.165) is 15.5 Å². The van der Waals surface area contributed by atoms with Crippen LogP contribution in [-0.4, -0.2) is 31.9 Å². The van der Waals surface area contributed by atoms with E-state index in [-0.39, 0.29) is 11.4 Å². The Morgan fingerprint density at radius 1 is 1.14 bits per heavy atom. The van der Waals surface area contributed by atoms with Crippen molar-refractivity contribution in [2.24, 2.45) is 5.73 Å². The van der Waals surface area contributed by atoms with Crippen LogP contribution in [0.5, 0.6) is 0 Å². The van der Waals surface area contributed by atoms with Crippen molar-refractivity contribution in [1.82, 2.24) is 9.62 Å². The first kappa shape index (κ1) is 20.2. The van der Waals surface area contributed by atoms with E-state index >= 15 is 0 Å². The van der Waals surface area contributed by atoms with Gasteiger partial charge < -0.3 is 10.6 Å². The summed E-state index contributed by atoms with van der Waals surface area (Å²) in [4.78, 5) is 14.4. The fourth-order valence-electron chi connectivity index (χ4n) is 2.67. The Morgan fingerprint density at radius 2 is 1.82 bits per heavy atom. The van der Waals surface area contributed by atoms with Crippen LogP contribution in [0.4, 0.5) is 0 Å². The largest absolute Gasteiger partial charge is 0.368 e. The number of amides is 1. The molecule has 3 N–H and O–H groups in total. The molecular weight excluding hydrogens is 394 g/mol. The topological polar surface area (TPSA) is 92.5 Å². The van der Waals surface area contributed by atoms with E-state index in [2.05, 4.69) is 4.72 Å². The van der Waals surface area contributed by atoms with E-state index in [1.807, 2.05) is 43.3 Å². The lowest BCUT2D eigenvalue weighted by atomic mass is 10.2. The van der Waals surface area contributed by atoms with Gasteiger partial charge in [-0.15, -0.1) is 0 Å². The average molecular weight is 416 g/mol. The van der Waals surface area contributed by atoms with E-state index in [0.29, 0.717) is 0 Å². The highest BCUT2D eigenvalue weighted by Gasteiger charge is 2.28. The van der Waals surface area contributed by atoms with Gasteiger partial charge in [-0.3, -0.25) is 4.79 Å². The Hall–Kier alpha value is -2.55. The zero-order valence-electron chi connectivity index (χ0n) is 15.3. The molecule has 0 bridgehead atoms. The number of benzene rings is 2. The van der Waals surface area contributed by atoms with Gasteiger partial charge in [0, 0.05) is 4.90 Å². The lowest BCUT2D eigenvalue weighted by Gasteiger charge is -2.34. The fraction of sp³-hybridized carbons (Fsp3) is 0.150. The Balaban J connectivity index is 1.85. The Morgan fingerprint density at radius 3 is 2.46 bits per heavy atom. The van der Waals surface area contributed by atoms with Crippen LogP contribution in [0.3, 0.4) is 0 Å². The van der Waals surface area contributed by atoms with Gasteiger partial charge in [-0.05, 0) is 43.3 Å². The Labute approximate surface area is 169 Å². The number of nitrogens with two attached hydrogens (primary N) is 1. The molecule has 0 aromatic heterocycles. The van der Waals surface area contributed by atoms with Gasteiger partial charge in [0.2, 0.25) is 15.9 Å². The molecule has 0 aliphatic carbocycles. The Kier molecular flexibility index (Phi) is 6.23. The van der Waals surface area contributed by atoms with Crippen molar-refractivity contribution in [2.75, 3.05) is 6.54 Å². The molecule has 8 heteroatoms. The number of sulfonamides is 1. The van der Waals surface area contributed by atoms with E-state index in [4.69, 9.17) is 5.73 Å². The van der Waals surface area contributed by atoms with Gasteiger partial charge in [0.1, 0.15) is 6.17 Å². The minimum Gasteiger partial charge on any atom is -0.368 e. The third-order valence-electron chi connectivity index (χ3n) is 4.05. The van der Waals surface area contributed by atoms with Gasteiger partial charge >= 0.3 is 0 Å². The number of aryl methyl sites for hydroxylation is 1. The van der Waals surface area contributed by atoms with Crippen LogP contribution >= 0.6 is 11.8 Å². The summed E-state index contributed by atoms with van der Waals surface area (Å²) < 4.78 is 28.2. The minimum atomic E-state index is -3.77. The molecule has 1 amide bonds. The number of carbonyl (C=O) groups is 1. The lowest BCUT2D eigenvalue weighted by Crippen LogP contribution is -2.49. The number of thioether (sulfide) groups is 1. The predicted octanol–water partition coefficient (Wildman–Crippen LogP) is 2.59. The summed E-state index contributed by atoms with van der Waals surface area (Å²) >= 11 is 1.44. The summed E-state index contributed by atoms with van der Waals surface area (Å²) in [5.74, 6) is -0.547. The molecule has 28 heavy (non-hydrogen) atoms. The minimum absolute atomic E-state index is 0.114. The maximum absolute atomic E-state index is 12.8. The summed E-state index contributed by atoms with van der Waals surface area (Å²) in [6.07, 6.45) is 4.56. The van der Waals surface area contributed by atoms with Gasteiger partial charge in [-0.1, -0.05) is 53.7 Å². The molecule has 0 spiro atoms. The van der Waals surface area contributed by atoms with E-state index < -0.39 is 22.1 Å². The number of carbonyl (C=O) groups excluding carboxylic acids is 1.